The van der Waals surface area contributed by atoms with E-state index in [-0.39, 0.29) is 5.25 Å². The fourth-order valence-electron chi connectivity index (χ4n) is 1.63. The van der Waals surface area contributed by atoms with E-state index in [1.807, 2.05) is 0 Å². The molecule has 0 aromatic rings. The molecular weight excluding hydrogens is 184 g/mol. The van der Waals surface area contributed by atoms with Crippen molar-refractivity contribution in [2.75, 3.05) is 0 Å². The summed E-state index contributed by atoms with van der Waals surface area (Å²) in [5.74, 6) is 0.516. The smallest absolute Gasteiger partial charge is 0.212 e. The lowest BCUT2D eigenvalue weighted by Crippen LogP contribution is -2.23. The molecule has 1 rings (SSSR count). The molecular formula is C7H13ClO2S. The number of halogens is 1. The summed E-state index contributed by atoms with van der Waals surface area (Å²) in [4.78, 5) is 0. The van der Waals surface area contributed by atoms with Crippen molar-refractivity contribution < 1.29 is 8.42 Å². The van der Waals surface area contributed by atoms with Crippen molar-refractivity contribution in [3.63, 3.8) is 0 Å². The van der Waals surface area contributed by atoms with Crippen LogP contribution in [0.15, 0.2) is 0 Å². The van der Waals surface area contributed by atoms with Gasteiger partial charge in [-0.15, -0.1) is 0 Å². The Balaban J connectivity index is 2.60. The maximum absolute atomic E-state index is 10.9. The minimum atomic E-state index is -3.29. The highest BCUT2D eigenvalue weighted by atomic mass is 35.7. The van der Waals surface area contributed by atoms with Gasteiger partial charge in [0.2, 0.25) is 9.05 Å². The van der Waals surface area contributed by atoms with Gasteiger partial charge in [0, 0.05) is 10.7 Å². The molecule has 1 aliphatic rings. The Labute approximate surface area is 72.4 Å². The molecule has 2 atom stereocenters. The van der Waals surface area contributed by atoms with Gasteiger partial charge in [-0.2, -0.15) is 0 Å². The van der Waals surface area contributed by atoms with Gasteiger partial charge in [-0.1, -0.05) is 19.8 Å². The average molecular weight is 197 g/mol. The molecule has 1 aliphatic carbocycles. The van der Waals surface area contributed by atoms with Gasteiger partial charge in [0.15, 0.2) is 0 Å². The zero-order valence-electron chi connectivity index (χ0n) is 6.59. The van der Waals surface area contributed by atoms with Crippen LogP contribution >= 0.6 is 10.7 Å². The van der Waals surface area contributed by atoms with Gasteiger partial charge in [-0.05, 0) is 18.8 Å². The van der Waals surface area contributed by atoms with Crippen molar-refractivity contribution in [2.45, 2.75) is 37.9 Å². The van der Waals surface area contributed by atoms with E-state index in [0.29, 0.717) is 5.92 Å². The molecule has 0 aromatic carbocycles. The summed E-state index contributed by atoms with van der Waals surface area (Å²) in [5.41, 5.74) is 0. The molecule has 0 bridgehead atoms. The van der Waals surface area contributed by atoms with Crippen LogP contribution in [0.5, 0.6) is 0 Å². The van der Waals surface area contributed by atoms with Crippen molar-refractivity contribution in [2.24, 2.45) is 5.92 Å². The molecule has 11 heavy (non-hydrogen) atoms. The average Bonchev–Trinajstić information content (AvgIpc) is 1.86. The van der Waals surface area contributed by atoms with Crippen molar-refractivity contribution in [1.29, 1.82) is 0 Å². The first kappa shape index (κ1) is 9.33. The third kappa shape index (κ3) is 2.64. The monoisotopic (exact) mass is 196 g/mol. The van der Waals surface area contributed by atoms with E-state index in [4.69, 9.17) is 10.7 Å². The van der Waals surface area contributed by atoms with Gasteiger partial charge in [0.1, 0.15) is 0 Å². The molecule has 1 fully saturated rings. The molecule has 2 unspecified atom stereocenters. The molecule has 0 heterocycles. The molecule has 0 amide bonds. The lowest BCUT2D eigenvalue weighted by Gasteiger charge is -2.23. The van der Waals surface area contributed by atoms with E-state index in [1.54, 1.807) is 0 Å². The van der Waals surface area contributed by atoms with Crippen LogP contribution in [-0.2, 0) is 9.05 Å². The second-order valence-electron chi connectivity index (χ2n) is 3.37. The van der Waals surface area contributed by atoms with Gasteiger partial charge < -0.3 is 0 Å². The maximum atomic E-state index is 10.9. The molecule has 0 N–H and O–H groups in total. The predicted molar refractivity (Wildman–Crippen MR) is 46.2 cm³/mol. The van der Waals surface area contributed by atoms with Crippen LogP contribution in [0.4, 0.5) is 0 Å². The van der Waals surface area contributed by atoms with Crippen LogP contribution in [0, 0.1) is 5.92 Å². The number of hydrogen-bond acceptors (Lipinski definition) is 2. The van der Waals surface area contributed by atoms with E-state index in [0.717, 1.165) is 25.7 Å². The Morgan fingerprint density at radius 2 is 2.00 bits per heavy atom. The Morgan fingerprint density at radius 3 is 2.36 bits per heavy atom. The fraction of sp³-hybridized carbons (Fsp3) is 1.00. The largest absolute Gasteiger partial charge is 0.235 e. The number of rotatable bonds is 1. The van der Waals surface area contributed by atoms with Crippen LogP contribution in [0.25, 0.3) is 0 Å². The van der Waals surface area contributed by atoms with Crippen molar-refractivity contribution >= 4 is 19.7 Å². The highest BCUT2D eigenvalue weighted by molar-refractivity contribution is 8.14. The van der Waals surface area contributed by atoms with E-state index in [1.165, 1.54) is 0 Å². The highest BCUT2D eigenvalue weighted by Gasteiger charge is 2.28. The first-order valence-corrected chi connectivity index (χ1v) is 6.31. The second kappa shape index (κ2) is 3.31. The van der Waals surface area contributed by atoms with Gasteiger partial charge in [-0.3, -0.25) is 0 Å². The lowest BCUT2D eigenvalue weighted by molar-refractivity contribution is 0.384. The van der Waals surface area contributed by atoms with Gasteiger partial charge >= 0.3 is 0 Å². The summed E-state index contributed by atoms with van der Waals surface area (Å²) in [5, 5.41) is -0.284. The lowest BCUT2D eigenvalue weighted by atomic mass is 9.91. The summed E-state index contributed by atoms with van der Waals surface area (Å²) < 4.78 is 21.8. The third-order valence-electron chi connectivity index (χ3n) is 2.29. The van der Waals surface area contributed by atoms with Crippen molar-refractivity contribution in [1.82, 2.24) is 0 Å². The summed E-state index contributed by atoms with van der Waals surface area (Å²) in [6.45, 7) is 2.08. The molecule has 0 spiro atoms. The van der Waals surface area contributed by atoms with Gasteiger partial charge in [0.05, 0.1) is 5.25 Å². The van der Waals surface area contributed by atoms with E-state index in [2.05, 4.69) is 6.92 Å². The molecule has 1 saturated carbocycles. The van der Waals surface area contributed by atoms with Crippen LogP contribution in [0.1, 0.15) is 32.6 Å². The minimum absolute atomic E-state index is 0.284. The van der Waals surface area contributed by atoms with E-state index < -0.39 is 9.05 Å². The van der Waals surface area contributed by atoms with Gasteiger partial charge in [-0.25, -0.2) is 8.42 Å². The first-order chi connectivity index (χ1) is 5.00. The standard InChI is InChI=1S/C7H13ClO2S/c1-6-3-2-4-7(5-6)11(8,9)10/h6-7H,2-5H2,1H3. The summed E-state index contributed by atoms with van der Waals surface area (Å²) >= 11 is 0. The number of hydrogen-bond donors (Lipinski definition) is 0. The molecule has 0 aromatic heterocycles. The molecule has 66 valence electrons. The fourth-order valence-corrected chi connectivity index (χ4v) is 3.13. The third-order valence-corrected chi connectivity index (χ3v) is 4.27. The summed E-state index contributed by atoms with van der Waals surface area (Å²) in [6.07, 6.45) is 3.63. The van der Waals surface area contributed by atoms with Crippen LogP contribution in [0.3, 0.4) is 0 Å². The molecule has 4 heteroatoms. The quantitative estimate of drug-likeness (QED) is 0.603. The molecule has 0 saturated heterocycles. The molecule has 0 radical (unpaired) electrons. The Bertz CT molecular complexity index is 223. The van der Waals surface area contributed by atoms with Crippen LogP contribution in [0.2, 0.25) is 0 Å². The minimum Gasteiger partial charge on any atom is -0.212 e. The normalized spacial score (nSPS) is 33.6. The van der Waals surface area contributed by atoms with Gasteiger partial charge in [0.25, 0.3) is 0 Å². The van der Waals surface area contributed by atoms with E-state index >= 15 is 0 Å². The molecule has 2 nitrogen and oxygen atoms in total. The molecule has 0 aliphatic heterocycles. The Morgan fingerprint density at radius 1 is 1.36 bits per heavy atom. The van der Waals surface area contributed by atoms with Crippen LogP contribution in [-0.4, -0.2) is 13.7 Å². The first-order valence-electron chi connectivity index (χ1n) is 3.93. The Kier molecular flexibility index (Phi) is 2.81. The van der Waals surface area contributed by atoms with Crippen molar-refractivity contribution in [3.8, 4) is 0 Å². The van der Waals surface area contributed by atoms with Crippen molar-refractivity contribution in [3.05, 3.63) is 0 Å². The SMILES string of the molecule is CC1CCCC(S(=O)(=O)Cl)C1. The zero-order valence-corrected chi connectivity index (χ0v) is 8.16. The maximum Gasteiger partial charge on any atom is 0.235 e. The van der Waals surface area contributed by atoms with E-state index in [9.17, 15) is 8.42 Å². The zero-order chi connectivity index (χ0) is 8.48. The summed E-state index contributed by atoms with van der Waals surface area (Å²) in [7, 11) is 1.96. The Hall–Kier alpha value is 0.240. The predicted octanol–water partition coefficient (Wildman–Crippen LogP) is 2.13. The van der Waals surface area contributed by atoms with Crippen LogP contribution < -0.4 is 0 Å². The highest BCUT2D eigenvalue weighted by Crippen LogP contribution is 2.29. The topological polar surface area (TPSA) is 34.1 Å². The summed E-state index contributed by atoms with van der Waals surface area (Å²) in [6, 6.07) is 0. The second-order valence-corrected chi connectivity index (χ2v) is 6.28.